The third-order valence-electron chi connectivity index (χ3n) is 3.80. The number of hydrogen-bond donors (Lipinski definition) is 1. The first-order chi connectivity index (χ1) is 12.0. The van der Waals surface area contributed by atoms with Crippen molar-refractivity contribution < 1.29 is 19.0 Å². The zero-order valence-corrected chi connectivity index (χ0v) is 13.8. The SMILES string of the molecule is Cn1c(=O)[nH]c2sc(C(=O)OCc3ccc4c(c3)OCO4)cc2c1=O. The van der Waals surface area contributed by atoms with Crippen LogP contribution in [-0.4, -0.2) is 22.3 Å². The number of ether oxygens (including phenoxy) is 3. The van der Waals surface area contributed by atoms with Gasteiger partial charge >= 0.3 is 11.7 Å². The van der Waals surface area contributed by atoms with Gasteiger partial charge in [-0.2, -0.15) is 0 Å². The van der Waals surface area contributed by atoms with Crippen molar-refractivity contribution >= 4 is 27.5 Å². The van der Waals surface area contributed by atoms with Crippen LogP contribution in [0.1, 0.15) is 15.2 Å². The summed E-state index contributed by atoms with van der Waals surface area (Å²) in [5.74, 6) is 0.692. The minimum Gasteiger partial charge on any atom is -0.457 e. The van der Waals surface area contributed by atoms with Gasteiger partial charge in [0.15, 0.2) is 11.5 Å². The fraction of sp³-hybridized carbons (Fsp3) is 0.188. The molecule has 4 rings (SSSR count). The first-order valence-corrected chi connectivity index (χ1v) is 8.13. The van der Waals surface area contributed by atoms with Crippen LogP contribution in [0.15, 0.2) is 33.9 Å². The molecule has 0 saturated carbocycles. The van der Waals surface area contributed by atoms with Crippen LogP contribution in [0.25, 0.3) is 10.2 Å². The Labute approximate surface area is 144 Å². The quantitative estimate of drug-likeness (QED) is 0.708. The van der Waals surface area contributed by atoms with Gasteiger partial charge in [0.25, 0.3) is 5.56 Å². The molecule has 1 aliphatic rings. The van der Waals surface area contributed by atoms with Gasteiger partial charge in [-0.05, 0) is 23.8 Å². The molecule has 0 radical (unpaired) electrons. The van der Waals surface area contributed by atoms with E-state index >= 15 is 0 Å². The van der Waals surface area contributed by atoms with E-state index in [1.807, 2.05) is 0 Å². The molecule has 3 heterocycles. The molecule has 1 N–H and O–H groups in total. The van der Waals surface area contributed by atoms with E-state index in [9.17, 15) is 14.4 Å². The lowest BCUT2D eigenvalue weighted by Crippen LogP contribution is -2.31. The number of nitrogens with zero attached hydrogens (tertiary/aromatic N) is 1. The van der Waals surface area contributed by atoms with E-state index in [2.05, 4.69) is 4.98 Å². The van der Waals surface area contributed by atoms with Crippen molar-refractivity contribution in [2.45, 2.75) is 6.61 Å². The largest absolute Gasteiger partial charge is 0.457 e. The van der Waals surface area contributed by atoms with Crippen molar-refractivity contribution in [3.05, 3.63) is 55.5 Å². The number of H-pyrrole nitrogens is 1. The molecular weight excluding hydrogens is 348 g/mol. The normalized spacial score (nSPS) is 12.5. The zero-order valence-electron chi connectivity index (χ0n) is 13.0. The van der Waals surface area contributed by atoms with Crippen molar-refractivity contribution in [3.63, 3.8) is 0 Å². The minimum atomic E-state index is -0.568. The summed E-state index contributed by atoms with van der Waals surface area (Å²) in [6, 6.07) is 6.70. The second-order valence-electron chi connectivity index (χ2n) is 5.41. The maximum Gasteiger partial charge on any atom is 0.348 e. The monoisotopic (exact) mass is 360 g/mol. The summed E-state index contributed by atoms with van der Waals surface area (Å²) >= 11 is 1.01. The van der Waals surface area contributed by atoms with Crippen molar-refractivity contribution in [1.82, 2.24) is 9.55 Å². The van der Waals surface area contributed by atoms with Crippen molar-refractivity contribution in [3.8, 4) is 11.5 Å². The van der Waals surface area contributed by atoms with E-state index in [0.717, 1.165) is 21.5 Å². The summed E-state index contributed by atoms with van der Waals surface area (Å²) in [5, 5.41) is 0.280. The van der Waals surface area contributed by atoms with Gasteiger partial charge in [0.05, 0.1) is 5.39 Å². The standard InChI is InChI=1S/C16H12N2O6S/c1-18-14(19)9-5-12(25-13(9)17-16(18)21)15(20)22-6-8-2-3-10-11(4-8)24-7-23-10/h2-5H,6-7H2,1H3,(H,17,21). The Balaban J connectivity index is 1.55. The Bertz CT molecular complexity index is 1110. The predicted octanol–water partition coefficient (Wildman–Crippen LogP) is 1.37. The number of benzene rings is 1. The van der Waals surface area contributed by atoms with E-state index in [1.165, 1.54) is 13.1 Å². The summed E-state index contributed by atoms with van der Waals surface area (Å²) < 4.78 is 16.7. The molecule has 128 valence electrons. The zero-order chi connectivity index (χ0) is 17.6. The van der Waals surface area contributed by atoms with Crippen LogP contribution in [0.3, 0.4) is 0 Å². The molecule has 0 bridgehead atoms. The molecule has 25 heavy (non-hydrogen) atoms. The average molecular weight is 360 g/mol. The molecule has 1 aliphatic heterocycles. The summed E-state index contributed by atoms with van der Waals surface area (Å²) in [6.45, 7) is 0.228. The van der Waals surface area contributed by atoms with Gasteiger partial charge in [0.1, 0.15) is 16.3 Å². The van der Waals surface area contributed by atoms with Gasteiger partial charge < -0.3 is 14.2 Å². The Morgan fingerprint density at radius 3 is 2.92 bits per heavy atom. The molecule has 9 heteroatoms. The number of hydrogen-bond acceptors (Lipinski definition) is 7. The van der Waals surface area contributed by atoms with E-state index in [1.54, 1.807) is 18.2 Å². The lowest BCUT2D eigenvalue weighted by atomic mass is 10.2. The second-order valence-corrected chi connectivity index (χ2v) is 6.46. The van der Waals surface area contributed by atoms with Crippen molar-refractivity contribution in [2.75, 3.05) is 6.79 Å². The first-order valence-electron chi connectivity index (χ1n) is 7.31. The molecule has 3 aromatic rings. The maximum absolute atomic E-state index is 12.2. The number of esters is 1. The number of carbonyl (C=O) groups excluding carboxylic acids is 1. The highest BCUT2D eigenvalue weighted by Crippen LogP contribution is 2.32. The third-order valence-corrected chi connectivity index (χ3v) is 4.83. The van der Waals surface area contributed by atoms with Crippen molar-refractivity contribution in [1.29, 1.82) is 0 Å². The summed E-state index contributed by atoms with van der Waals surface area (Å²) in [7, 11) is 1.37. The molecule has 2 aromatic heterocycles. The number of rotatable bonds is 3. The van der Waals surface area contributed by atoms with Crippen LogP contribution in [0.4, 0.5) is 0 Å². The molecule has 0 fully saturated rings. The summed E-state index contributed by atoms with van der Waals surface area (Å²) in [4.78, 5) is 39.0. The number of thiophene rings is 1. The molecule has 1 aromatic carbocycles. The van der Waals surface area contributed by atoms with Gasteiger partial charge in [-0.1, -0.05) is 6.07 Å². The minimum absolute atomic E-state index is 0.0538. The van der Waals surface area contributed by atoms with E-state index in [0.29, 0.717) is 16.3 Å². The Hall–Kier alpha value is -3.07. The Kier molecular flexibility index (Phi) is 3.57. The van der Waals surface area contributed by atoms with Crippen LogP contribution in [0.5, 0.6) is 11.5 Å². The van der Waals surface area contributed by atoms with Crippen LogP contribution < -0.4 is 20.7 Å². The van der Waals surface area contributed by atoms with Crippen LogP contribution in [0.2, 0.25) is 0 Å². The number of fused-ring (bicyclic) bond motifs is 2. The number of nitrogens with one attached hydrogen (secondary N) is 1. The highest BCUT2D eigenvalue weighted by atomic mass is 32.1. The summed E-state index contributed by atoms with van der Waals surface area (Å²) in [5.41, 5.74) is -0.229. The maximum atomic E-state index is 12.2. The molecule has 0 saturated heterocycles. The first kappa shape index (κ1) is 15.5. The molecule has 0 spiro atoms. The lowest BCUT2D eigenvalue weighted by Gasteiger charge is -2.04. The highest BCUT2D eigenvalue weighted by Gasteiger charge is 2.17. The van der Waals surface area contributed by atoms with Crippen LogP contribution in [-0.2, 0) is 18.4 Å². The molecule has 8 nitrogen and oxygen atoms in total. The van der Waals surface area contributed by atoms with E-state index in [-0.39, 0.29) is 23.7 Å². The smallest absolute Gasteiger partial charge is 0.348 e. The molecule has 0 aliphatic carbocycles. The fourth-order valence-electron chi connectivity index (χ4n) is 2.45. The van der Waals surface area contributed by atoms with Crippen LogP contribution >= 0.6 is 11.3 Å². The van der Waals surface area contributed by atoms with Gasteiger partial charge in [-0.25, -0.2) is 9.59 Å². The van der Waals surface area contributed by atoms with Crippen molar-refractivity contribution in [2.24, 2.45) is 7.05 Å². The number of carbonyl (C=O) groups is 1. The molecule has 0 unspecified atom stereocenters. The van der Waals surface area contributed by atoms with Gasteiger partial charge in [-0.15, -0.1) is 11.3 Å². The van der Waals surface area contributed by atoms with Crippen LogP contribution in [0, 0.1) is 0 Å². The van der Waals surface area contributed by atoms with Gasteiger partial charge in [0, 0.05) is 7.05 Å². The molecule has 0 amide bonds. The van der Waals surface area contributed by atoms with E-state index < -0.39 is 17.2 Å². The van der Waals surface area contributed by atoms with Gasteiger partial charge in [0.2, 0.25) is 6.79 Å². The third kappa shape index (κ3) is 2.68. The number of aromatic nitrogens is 2. The molecular formula is C16H12N2O6S. The van der Waals surface area contributed by atoms with E-state index in [4.69, 9.17) is 14.2 Å². The Morgan fingerprint density at radius 1 is 1.28 bits per heavy atom. The topological polar surface area (TPSA) is 99.6 Å². The average Bonchev–Trinajstić information content (AvgIpc) is 3.23. The fourth-order valence-corrected chi connectivity index (χ4v) is 3.38. The Morgan fingerprint density at radius 2 is 2.08 bits per heavy atom. The highest BCUT2D eigenvalue weighted by molar-refractivity contribution is 7.20. The summed E-state index contributed by atoms with van der Waals surface area (Å²) in [6.07, 6.45) is 0. The molecule has 0 atom stereocenters. The second kappa shape index (κ2) is 5.78. The predicted molar refractivity (Wildman–Crippen MR) is 89.4 cm³/mol. The van der Waals surface area contributed by atoms with Gasteiger partial charge in [-0.3, -0.25) is 14.3 Å². The number of aromatic amines is 1. The lowest BCUT2D eigenvalue weighted by molar-refractivity contribution is 0.0478.